The van der Waals surface area contributed by atoms with Crippen molar-refractivity contribution in [2.24, 2.45) is 0 Å². The minimum Gasteiger partial charge on any atom is -0.497 e. The first-order valence-electron chi connectivity index (χ1n) is 10.6. The van der Waals surface area contributed by atoms with E-state index in [0.717, 1.165) is 11.1 Å². The van der Waals surface area contributed by atoms with Gasteiger partial charge >= 0.3 is 0 Å². The number of alkyl halides is 1. The van der Waals surface area contributed by atoms with Gasteiger partial charge in [-0.3, -0.25) is 9.59 Å². The van der Waals surface area contributed by atoms with Crippen molar-refractivity contribution < 1.29 is 14.3 Å². The van der Waals surface area contributed by atoms with Gasteiger partial charge in [-0.25, -0.2) is 0 Å². The molecule has 0 fully saturated rings. The van der Waals surface area contributed by atoms with Gasteiger partial charge in [-0.15, -0.1) is 11.6 Å². The Kier molecular flexibility index (Phi) is 9.16. The van der Waals surface area contributed by atoms with Crippen molar-refractivity contribution in [1.82, 2.24) is 10.2 Å². The fourth-order valence-electron chi connectivity index (χ4n) is 3.54. The lowest BCUT2D eigenvalue weighted by molar-refractivity contribution is -0.139. The SMILES string of the molecule is COc1ccc([C@@H](C(=O)NCCc2ccccc2)N(Cc2ccccc2Cl)C(=O)CCl)cc1. The van der Waals surface area contributed by atoms with Crippen LogP contribution in [-0.4, -0.2) is 36.2 Å². The molecule has 172 valence electrons. The van der Waals surface area contributed by atoms with Crippen LogP contribution in [0, 0.1) is 0 Å². The molecule has 0 saturated heterocycles. The molecule has 0 bridgehead atoms. The van der Waals surface area contributed by atoms with Crippen LogP contribution < -0.4 is 10.1 Å². The first-order valence-corrected chi connectivity index (χ1v) is 11.5. The normalized spacial score (nSPS) is 11.5. The Hall–Kier alpha value is -3.02. The summed E-state index contributed by atoms with van der Waals surface area (Å²) in [6.45, 7) is 0.582. The van der Waals surface area contributed by atoms with Gasteiger partial charge < -0.3 is 15.0 Å². The Morgan fingerprint density at radius 2 is 1.64 bits per heavy atom. The molecule has 0 aliphatic heterocycles. The highest BCUT2D eigenvalue weighted by molar-refractivity contribution is 6.31. The van der Waals surface area contributed by atoms with Gasteiger partial charge in [0.05, 0.1) is 7.11 Å². The van der Waals surface area contributed by atoms with Crippen LogP contribution in [0.15, 0.2) is 78.9 Å². The molecule has 3 aromatic carbocycles. The molecule has 0 heterocycles. The van der Waals surface area contributed by atoms with E-state index in [0.29, 0.717) is 29.3 Å². The number of methoxy groups -OCH3 is 1. The molecule has 3 aromatic rings. The van der Waals surface area contributed by atoms with E-state index in [4.69, 9.17) is 27.9 Å². The average molecular weight is 485 g/mol. The third-order valence-corrected chi connectivity index (χ3v) is 5.88. The minimum atomic E-state index is -0.880. The lowest BCUT2D eigenvalue weighted by Gasteiger charge is -2.31. The Bertz CT molecular complexity index is 1060. The molecule has 5 nitrogen and oxygen atoms in total. The second-order valence-electron chi connectivity index (χ2n) is 7.45. The molecular formula is C26H26Cl2N2O3. The van der Waals surface area contributed by atoms with Crippen molar-refractivity contribution in [1.29, 1.82) is 0 Å². The average Bonchev–Trinajstić information content (AvgIpc) is 2.85. The fraction of sp³-hybridized carbons (Fsp3) is 0.231. The van der Waals surface area contributed by atoms with E-state index in [9.17, 15) is 9.59 Å². The Labute approximate surface area is 204 Å². The summed E-state index contributed by atoms with van der Waals surface area (Å²) in [5.41, 5.74) is 2.50. The number of hydrogen-bond acceptors (Lipinski definition) is 3. The van der Waals surface area contributed by atoms with Crippen LogP contribution in [0.25, 0.3) is 0 Å². The van der Waals surface area contributed by atoms with Crippen molar-refractivity contribution in [3.63, 3.8) is 0 Å². The van der Waals surface area contributed by atoms with Gasteiger partial charge in [0.25, 0.3) is 0 Å². The molecule has 0 radical (unpaired) electrons. The van der Waals surface area contributed by atoms with E-state index in [2.05, 4.69) is 5.32 Å². The van der Waals surface area contributed by atoms with Gasteiger partial charge in [0, 0.05) is 18.1 Å². The zero-order valence-corrected chi connectivity index (χ0v) is 19.9. The lowest BCUT2D eigenvalue weighted by Crippen LogP contribution is -2.44. The summed E-state index contributed by atoms with van der Waals surface area (Å²) >= 11 is 12.3. The maximum atomic E-state index is 13.4. The molecule has 33 heavy (non-hydrogen) atoms. The second kappa shape index (κ2) is 12.3. The Morgan fingerprint density at radius 1 is 0.970 bits per heavy atom. The number of carbonyl (C=O) groups excluding carboxylic acids is 2. The first-order chi connectivity index (χ1) is 16.0. The number of rotatable bonds is 10. The third kappa shape index (κ3) is 6.73. The predicted octanol–water partition coefficient (Wildman–Crippen LogP) is 5.02. The molecule has 0 spiro atoms. The van der Waals surface area contributed by atoms with E-state index in [1.165, 1.54) is 4.90 Å². The predicted molar refractivity (Wildman–Crippen MR) is 132 cm³/mol. The fourth-order valence-corrected chi connectivity index (χ4v) is 3.89. The molecule has 1 atom stereocenters. The number of halogens is 2. The van der Waals surface area contributed by atoms with Gasteiger partial charge in [-0.1, -0.05) is 72.3 Å². The van der Waals surface area contributed by atoms with Crippen molar-refractivity contribution in [3.05, 3.63) is 101 Å². The highest BCUT2D eigenvalue weighted by atomic mass is 35.5. The van der Waals surface area contributed by atoms with Gasteiger partial charge in [-0.05, 0) is 41.3 Å². The number of nitrogens with zero attached hydrogens (tertiary/aromatic N) is 1. The molecule has 1 N–H and O–H groups in total. The van der Waals surface area contributed by atoms with E-state index in [1.807, 2.05) is 48.5 Å². The highest BCUT2D eigenvalue weighted by Crippen LogP contribution is 2.28. The third-order valence-electron chi connectivity index (χ3n) is 5.28. The molecule has 0 aromatic heterocycles. The van der Waals surface area contributed by atoms with E-state index in [1.54, 1.807) is 37.4 Å². The van der Waals surface area contributed by atoms with Crippen LogP contribution in [0.3, 0.4) is 0 Å². The number of benzene rings is 3. The highest BCUT2D eigenvalue weighted by Gasteiger charge is 2.31. The van der Waals surface area contributed by atoms with Gasteiger partial charge in [0.2, 0.25) is 11.8 Å². The van der Waals surface area contributed by atoms with Gasteiger partial charge in [0.1, 0.15) is 17.7 Å². The van der Waals surface area contributed by atoms with Gasteiger partial charge in [0.15, 0.2) is 0 Å². The Morgan fingerprint density at radius 3 is 2.27 bits per heavy atom. The summed E-state index contributed by atoms with van der Waals surface area (Å²) in [4.78, 5) is 27.8. The number of carbonyl (C=O) groups is 2. The smallest absolute Gasteiger partial charge is 0.247 e. The number of ether oxygens (including phenoxy) is 1. The zero-order chi connectivity index (χ0) is 23.6. The summed E-state index contributed by atoms with van der Waals surface area (Å²) in [6.07, 6.45) is 0.676. The summed E-state index contributed by atoms with van der Waals surface area (Å²) in [5, 5.41) is 3.49. The summed E-state index contributed by atoms with van der Waals surface area (Å²) in [7, 11) is 1.57. The Balaban J connectivity index is 1.89. The maximum absolute atomic E-state index is 13.4. The van der Waals surface area contributed by atoms with E-state index in [-0.39, 0.29) is 24.2 Å². The summed E-state index contributed by atoms with van der Waals surface area (Å²) in [6, 6.07) is 23.3. The summed E-state index contributed by atoms with van der Waals surface area (Å²) < 4.78 is 5.24. The van der Waals surface area contributed by atoms with E-state index >= 15 is 0 Å². The second-order valence-corrected chi connectivity index (χ2v) is 8.12. The molecule has 0 aliphatic carbocycles. The number of nitrogens with one attached hydrogen (secondary N) is 1. The molecule has 0 saturated carbocycles. The molecular weight excluding hydrogens is 459 g/mol. The number of amides is 2. The molecule has 3 rings (SSSR count). The topological polar surface area (TPSA) is 58.6 Å². The van der Waals surface area contributed by atoms with Gasteiger partial charge in [-0.2, -0.15) is 0 Å². The van der Waals surface area contributed by atoms with Crippen LogP contribution in [0.2, 0.25) is 5.02 Å². The lowest BCUT2D eigenvalue weighted by atomic mass is 10.0. The molecule has 0 aliphatic rings. The van der Waals surface area contributed by atoms with Crippen LogP contribution in [-0.2, 0) is 22.6 Å². The van der Waals surface area contributed by atoms with Crippen molar-refractivity contribution in [2.45, 2.75) is 19.0 Å². The largest absolute Gasteiger partial charge is 0.497 e. The van der Waals surface area contributed by atoms with Crippen LogP contribution in [0.5, 0.6) is 5.75 Å². The van der Waals surface area contributed by atoms with E-state index < -0.39 is 6.04 Å². The molecule has 0 unspecified atom stereocenters. The van der Waals surface area contributed by atoms with Crippen molar-refractivity contribution >= 4 is 35.0 Å². The maximum Gasteiger partial charge on any atom is 0.247 e. The quantitative estimate of drug-likeness (QED) is 0.411. The summed E-state index contributed by atoms with van der Waals surface area (Å²) in [5.74, 6) is -0.255. The molecule has 2 amide bonds. The first kappa shape index (κ1) is 24.6. The van der Waals surface area contributed by atoms with Crippen LogP contribution in [0.1, 0.15) is 22.7 Å². The molecule has 7 heteroatoms. The van der Waals surface area contributed by atoms with Crippen LogP contribution >= 0.6 is 23.2 Å². The van der Waals surface area contributed by atoms with Crippen molar-refractivity contribution in [3.8, 4) is 5.75 Å². The zero-order valence-electron chi connectivity index (χ0n) is 18.3. The van der Waals surface area contributed by atoms with Crippen molar-refractivity contribution in [2.75, 3.05) is 19.5 Å². The standard InChI is InChI=1S/C26H26Cl2N2O3/c1-33-22-13-11-20(12-14-22)25(26(32)29-16-15-19-7-3-2-4-8-19)30(24(31)17-27)18-21-9-5-6-10-23(21)28/h2-14,25H,15-18H2,1H3,(H,29,32)/t25-/m0/s1. The van der Waals surface area contributed by atoms with Crippen LogP contribution in [0.4, 0.5) is 0 Å². The monoisotopic (exact) mass is 484 g/mol. The minimum absolute atomic E-state index is 0.147. The number of hydrogen-bond donors (Lipinski definition) is 1.